The van der Waals surface area contributed by atoms with E-state index in [-0.39, 0.29) is 12.2 Å². The Hall–Kier alpha value is -3.86. The zero-order valence-corrected chi connectivity index (χ0v) is 17.9. The van der Waals surface area contributed by atoms with Crippen molar-refractivity contribution in [1.29, 1.82) is 0 Å². The minimum Gasteiger partial charge on any atom is -0.497 e. The van der Waals surface area contributed by atoms with Crippen molar-refractivity contribution < 1.29 is 23.8 Å². The summed E-state index contributed by atoms with van der Waals surface area (Å²) in [5.41, 5.74) is 6.58. The Labute approximate surface area is 186 Å². The molecule has 0 heterocycles. The van der Waals surface area contributed by atoms with Gasteiger partial charge in [0.25, 0.3) is 0 Å². The molecule has 4 nitrogen and oxygen atoms in total. The van der Waals surface area contributed by atoms with E-state index in [1.54, 1.807) is 19.2 Å². The first-order valence-electron chi connectivity index (χ1n) is 10.2. The molecule has 5 heteroatoms. The van der Waals surface area contributed by atoms with Crippen molar-refractivity contribution >= 4 is 23.2 Å². The van der Waals surface area contributed by atoms with Gasteiger partial charge in [-0.25, -0.2) is 4.39 Å². The monoisotopic (exact) mass is 430 g/mol. The second-order valence-corrected chi connectivity index (χ2v) is 7.63. The molecule has 1 N–H and O–H groups in total. The third-order valence-electron chi connectivity index (χ3n) is 5.51. The van der Waals surface area contributed by atoms with Crippen LogP contribution in [0.15, 0.2) is 72.3 Å². The molecule has 0 bridgehead atoms. The van der Waals surface area contributed by atoms with E-state index in [1.165, 1.54) is 12.1 Å². The van der Waals surface area contributed by atoms with Gasteiger partial charge in [0, 0.05) is 0 Å². The topological polar surface area (TPSA) is 55.8 Å². The lowest BCUT2D eigenvalue weighted by molar-refractivity contribution is -0.135. The lowest BCUT2D eigenvalue weighted by Gasteiger charge is -2.09. The van der Waals surface area contributed by atoms with Crippen LogP contribution in [0.5, 0.6) is 11.5 Å². The smallest absolute Gasteiger partial charge is 0.307 e. The summed E-state index contributed by atoms with van der Waals surface area (Å²) >= 11 is 0. The first-order chi connectivity index (χ1) is 15.4. The van der Waals surface area contributed by atoms with Crippen LogP contribution in [0.3, 0.4) is 0 Å². The maximum absolute atomic E-state index is 13.1. The zero-order chi connectivity index (χ0) is 22.7. The fraction of sp³-hybridized carbons (Fsp3) is 0.148. The number of rotatable bonds is 7. The molecule has 0 unspecified atom stereocenters. The molecule has 32 heavy (non-hydrogen) atoms. The third kappa shape index (κ3) is 4.57. The molecule has 0 aromatic heterocycles. The number of hydrogen-bond acceptors (Lipinski definition) is 3. The van der Waals surface area contributed by atoms with Gasteiger partial charge in [0.2, 0.25) is 0 Å². The van der Waals surface area contributed by atoms with Crippen LogP contribution >= 0.6 is 0 Å². The molecule has 0 fully saturated rings. The highest BCUT2D eigenvalue weighted by atomic mass is 19.1. The minimum absolute atomic E-state index is 0.0337. The molecule has 0 saturated carbocycles. The molecule has 0 radical (unpaired) electrons. The van der Waals surface area contributed by atoms with Gasteiger partial charge >= 0.3 is 5.97 Å². The molecule has 162 valence electrons. The molecule has 4 rings (SSSR count). The number of carbonyl (C=O) groups is 1. The van der Waals surface area contributed by atoms with Crippen molar-refractivity contribution in [2.75, 3.05) is 7.11 Å². The van der Waals surface area contributed by atoms with E-state index in [0.717, 1.165) is 44.7 Å². The molecule has 1 aliphatic rings. The highest BCUT2D eigenvalue weighted by molar-refractivity contribution is 6.07. The van der Waals surface area contributed by atoms with Gasteiger partial charge in [-0.1, -0.05) is 24.3 Å². The zero-order valence-electron chi connectivity index (χ0n) is 17.9. The number of hydrogen-bond donors (Lipinski definition) is 1. The maximum atomic E-state index is 13.1. The van der Waals surface area contributed by atoms with Crippen LogP contribution in [0.25, 0.3) is 17.2 Å². The van der Waals surface area contributed by atoms with E-state index in [1.807, 2.05) is 49.4 Å². The number of allylic oxidation sites excluding steroid dienone is 2. The van der Waals surface area contributed by atoms with E-state index in [2.05, 4.69) is 6.08 Å². The summed E-state index contributed by atoms with van der Waals surface area (Å²) in [4.78, 5) is 11.4. The predicted octanol–water partition coefficient (Wildman–Crippen LogP) is 6.22. The van der Waals surface area contributed by atoms with E-state index >= 15 is 0 Å². The molecular weight excluding hydrogens is 407 g/mol. The minimum atomic E-state index is -0.859. The summed E-state index contributed by atoms with van der Waals surface area (Å²) in [6.07, 6.45) is 2.03. The summed E-state index contributed by atoms with van der Waals surface area (Å²) in [7, 11) is 1.61. The highest BCUT2D eigenvalue weighted by Crippen LogP contribution is 2.44. The van der Waals surface area contributed by atoms with Crippen molar-refractivity contribution in [3.05, 3.63) is 100 Å². The highest BCUT2D eigenvalue weighted by Gasteiger charge is 2.25. The Morgan fingerprint density at radius 3 is 2.47 bits per heavy atom. The first-order valence-corrected chi connectivity index (χ1v) is 10.2. The van der Waals surface area contributed by atoms with E-state index in [9.17, 15) is 14.3 Å². The van der Waals surface area contributed by atoms with Gasteiger partial charge in [-0.2, -0.15) is 0 Å². The van der Waals surface area contributed by atoms with Gasteiger partial charge in [0.15, 0.2) is 0 Å². The van der Waals surface area contributed by atoms with E-state index in [0.29, 0.717) is 12.4 Å². The molecule has 0 atom stereocenters. The summed E-state index contributed by atoms with van der Waals surface area (Å²) in [5.74, 6) is 0.164. The summed E-state index contributed by atoms with van der Waals surface area (Å²) < 4.78 is 24.2. The van der Waals surface area contributed by atoms with Crippen molar-refractivity contribution in [2.45, 2.75) is 20.0 Å². The molecular formula is C27H23FO4. The lowest BCUT2D eigenvalue weighted by Crippen LogP contribution is -1.97. The maximum Gasteiger partial charge on any atom is 0.307 e. The van der Waals surface area contributed by atoms with Crippen molar-refractivity contribution in [3.63, 3.8) is 0 Å². The van der Waals surface area contributed by atoms with Crippen LogP contribution in [-0.2, 0) is 11.4 Å². The Morgan fingerprint density at radius 1 is 1.00 bits per heavy atom. The van der Waals surface area contributed by atoms with Crippen LogP contribution in [0.2, 0.25) is 0 Å². The largest absolute Gasteiger partial charge is 0.497 e. The number of carboxylic acids is 1. The Morgan fingerprint density at radius 2 is 1.75 bits per heavy atom. The van der Waals surface area contributed by atoms with Crippen LogP contribution in [0.4, 0.5) is 4.39 Å². The van der Waals surface area contributed by atoms with Crippen LogP contribution in [0, 0.1) is 5.82 Å². The van der Waals surface area contributed by atoms with Gasteiger partial charge in [-0.3, -0.25) is 4.79 Å². The predicted molar refractivity (Wildman–Crippen MR) is 123 cm³/mol. The molecule has 0 spiro atoms. The van der Waals surface area contributed by atoms with Gasteiger partial charge in [0.1, 0.15) is 23.9 Å². The molecule has 0 saturated heterocycles. The number of methoxy groups -OCH3 is 1. The van der Waals surface area contributed by atoms with Crippen LogP contribution in [0.1, 0.15) is 35.6 Å². The van der Waals surface area contributed by atoms with Crippen molar-refractivity contribution in [2.24, 2.45) is 0 Å². The fourth-order valence-corrected chi connectivity index (χ4v) is 3.90. The number of halogens is 1. The van der Waals surface area contributed by atoms with E-state index in [4.69, 9.17) is 9.47 Å². The Bertz CT molecular complexity index is 1220. The molecule has 0 amide bonds. The standard InChI is InChI=1S/C27H23FO4/c1-17-24(26-14-22(31-2)10-11-23(26)25(17)15-27(29)30)13-18-4-3-5-19(12-18)16-32-21-8-6-20(28)7-9-21/h3-14H,15-16H2,1-2H3,(H,29,30)/b24-13-. The molecule has 0 aliphatic heterocycles. The normalized spacial score (nSPS) is 13.9. The van der Waals surface area contributed by atoms with Gasteiger partial charge in [0.05, 0.1) is 13.5 Å². The van der Waals surface area contributed by atoms with Crippen molar-refractivity contribution in [1.82, 2.24) is 0 Å². The Balaban J connectivity index is 1.65. The quantitative estimate of drug-likeness (QED) is 0.484. The van der Waals surface area contributed by atoms with Gasteiger partial charge in [-0.15, -0.1) is 0 Å². The molecule has 3 aromatic rings. The summed E-state index contributed by atoms with van der Waals surface area (Å²) in [5, 5.41) is 9.39. The molecule has 3 aromatic carbocycles. The summed E-state index contributed by atoms with van der Waals surface area (Å²) in [6, 6.07) is 19.6. The number of aliphatic carboxylic acids is 1. The number of ether oxygens (including phenoxy) is 2. The van der Waals surface area contributed by atoms with Crippen LogP contribution in [-0.4, -0.2) is 18.2 Å². The van der Waals surface area contributed by atoms with Gasteiger partial charge in [-0.05, 0) is 94.4 Å². The summed E-state index contributed by atoms with van der Waals surface area (Å²) in [6.45, 7) is 2.31. The van der Waals surface area contributed by atoms with Gasteiger partial charge < -0.3 is 14.6 Å². The Kier molecular flexibility index (Phi) is 6.08. The second-order valence-electron chi connectivity index (χ2n) is 7.63. The number of fused-ring (bicyclic) bond motifs is 1. The number of carboxylic acid groups (broad SMARTS) is 1. The lowest BCUT2D eigenvalue weighted by atomic mass is 9.99. The average Bonchev–Trinajstić information content (AvgIpc) is 3.04. The SMILES string of the molecule is COc1ccc2c(c1)/C(=C\c1cccc(COc3ccc(F)cc3)c1)C(C)=C2CC(=O)O. The second kappa shape index (κ2) is 9.10. The van der Waals surface area contributed by atoms with Crippen molar-refractivity contribution in [3.8, 4) is 11.5 Å². The number of benzene rings is 3. The van der Waals surface area contributed by atoms with E-state index < -0.39 is 5.97 Å². The van der Waals surface area contributed by atoms with Crippen LogP contribution < -0.4 is 9.47 Å². The third-order valence-corrected chi connectivity index (χ3v) is 5.51. The average molecular weight is 430 g/mol. The molecule has 1 aliphatic carbocycles. The first kappa shape index (κ1) is 21.4. The fourth-order valence-electron chi connectivity index (χ4n) is 3.90.